The van der Waals surface area contributed by atoms with Gasteiger partial charge in [0.25, 0.3) is 0 Å². The lowest BCUT2D eigenvalue weighted by Gasteiger charge is -2.20. The second-order valence-electron chi connectivity index (χ2n) is 5.13. The van der Waals surface area contributed by atoms with Crippen LogP contribution in [0.3, 0.4) is 0 Å². The number of nitrogens with zero attached hydrogens (tertiary/aromatic N) is 3. The lowest BCUT2D eigenvalue weighted by atomic mass is 9.89. The Kier molecular flexibility index (Phi) is 2.95. The molecule has 1 unspecified atom stereocenters. The second-order valence-corrected chi connectivity index (χ2v) is 6.00. The SMILES string of the molecule is CC(C)c1nn(-c2nccs2)c2c1C(N)CCC2. The van der Waals surface area contributed by atoms with Gasteiger partial charge in [0, 0.05) is 23.2 Å². The number of rotatable bonds is 2. The van der Waals surface area contributed by atoms with E-state index in [1.54, 1.807) is 11.3 Å². The van der Waals surface area contributed by atoms with Gasteiger partial charge in [-0.1, -0.05) is 13.8 Å². The quantitative estimate of drug-likeness (QED) is 0.905. The van der Waals surface area contributed by atoms with Crippen LogP contribution in [0.15, 0.2) is 11.6 Å². The van der Waals surface area contributed by atoms with E-state index in [1.807, 2.05) is 16.3 Å². The van der Waals surface area contributed by atoms with Crippen LogP contribution < -0.4 is 5.73 Å². The van der Waals surface area contributed by atoms with E-state index in [0.717, 1.165) is 30.1 Å². The van der Waals surface area contributed by atoms with Gasteiger partial charge >= 0.3 is 0 Å². The zero-order valence-electron chi connectivity index (χ0n) is 10.8. The molecule has 1 aliphatic rings. The molecule has 0 fully saturated rings. The van der Waals surface area contributed by atoms with E-state index in [-0.39, 0.29) is 6.04 Å². The number of hydrogen-bond donors (Lipinski definition) is 1. The van der Waals surface area contributed by atoms with Crippen molar-refractivity contribution in [3.05, 3.63) is 28.5 Å². The van der Waals surface area contributed by atoms with Gasteiger partial charge < -0.3 is 5.73 Å². The maximum absolute atomic E-state index is 6.28. The van der Waals surface area contributed by atoms with Gasteiger partial charge in [-0.3, -0.25) is 0 Å². The number of fused-ring (bicyclic) bond motifs is 1. The first-order chi connectivity index (χ1) is 8.68. The first-order valence-corrected chi connectivity index (χ1v) is 7.33. The summed E-state index contributed by atoms with van der Waals surface area (Å²) in [7, 11) is 0. The largest absolute Gasteiger partial charge is 0.324 e. The van der Waals surface area contributed by atoms with Crippen LogP contribution in [-0.4, -0.2) is 14.8 Å². The molecule has 2 aromatic heterocycles. The fraction of sp³-hybridized carbons (Fsp3) is 0.538. The molecule has 2 aromatic rings. The Morgan fingerprint density at radius 3 is 3.00 bits per heavy atom. The zero-order valence-corrected chi connectivity index (χ0v) is 11.6. The fourth-order valence-electron chi connectivity index (χ4n) is 2.67. The molecule has 4 nitrogen and oxygen atoms in total. The van der Waals surface area contributed by atoms with Crippen molar-refractivity contribution >= 4 is 11.3 Å². The van der Waals surface area contributed by atoms with Gasteiger partial charge in [-0.25, -0.2) is 9.67 Å². The Morgan fingerprint density at radius 1 is 1.50 bits per heavy atom. The number of nitrogens with two attached hydrogens (primary N) is 1. The maximum atomic E-state index is 6.28. The summed E-state index contributed by atoms with van der Waals surface area (Å²) >= 11 is 1.62. The lowest BCUT2D eigenvalue weighted by molar-refractivity contribution is 0.554. The first kappa shape index (κ1) is 11.9. The van der Waals surface area contributed by atoms with Crippen molar-refractivity contribution in [1.82, 2.24) is 14.8 Å². The number of thiazole rings is 1. The minimum Gasteiger partial charge on any atom is -0.324 e. The normalized spacial score (nSPS) is 19.2. The van der Waals surface area contributed by atoms with E-state index >= 15 is 0 Å². The predicted octanol–water partition coefficient (Wildman–Crippen LogP) is 2.79. The van der Waals surface area contributed by atoms with Gasteiger partial charge in [-0.05, 0) is 25.2 Å². The topological polar surface area (TPSA) is 56.7 Å². The van der Waals surface area contributed by atoms with E-state index in [0.29, 0.717) is 5.92 Å². The molecule has 5 heteroatoms. The highest BCUT2D eigenvalue weighted by Crippen LogP contribution is 2.35. The molecule has 3 rings (SSSR count). The van der Waals surface area contributed by atoms with Crippen molar-refractivity contribution in [1.29, 1.82) is 0 Å². The second kappa shape index (κ2) is 4.48. The molecule has 0 aliphatic heterocycles. The summed E-state index contributed by atoms with van der Waals surface area (Å²) in [4.78, 5) is 4.37. The molecule has 0 saturated heterocycles. The molecule has 1 aliphatic carbocycles. The van der Waals surface area contributed by atoms with Crippen LogP contribution in [0.25, 0.3) is 5.13 Å². The van der Waals surface area contributed by atoms with E-state index in [9.17, 15) is 0 Å². The predicted molar refractivity (Wildman–Crippen MR) is 73.2 cm³/mol. The van der Waals surface area contributed by atoms with Crippen LogP contribution >= 0.6 is 11.3 Å². The Labute approximate surface area is 111 Å². The van der Waals surface area contributed by atoms with Crippen molar-refractivity contribution in [3.8, 4) is 5.13 Å². The van der Waals surface area contributed by atoms with Gasteiger partial charge in [0.05, 0.1) is 11.4 Å². The van der Waals surface area contributed by atoms with Crippen molar-refractivity contribution in [2.45, 2.75) is 45.1 Å². The molecular weight excluding hydrogens is 244 g/mol. The number of hydrogen-bond acceptors (Lipinski definition) is 4. The molecule has 2 N–H and O–H groups in total. The van der Waals surface area contributed by atoms with Crippen LogP contribution in [0.2, 0.25) is 0 Å². The molecule has 0 amide bonds. The average Bonchev–Trinajstić information content (AvgIpc) is 2.95. The molecule has 0 aromatic carbocycles. The summed E-state index contributed by atoms with van der Waals surface area (Å²) in [6.45, 7) is 4.35. The van der Waals surface area contributed by atoms with Crippen LogP contribution in [0.1, 0.15) is 55.6 Å². The van der Waals surface area contributed by atoms with E-state index in [1.165, 1.54) is 11.3 Å². The monoisotopic (exact) mass is 262 g/mol. The first-order valence-electron chi connectivity index (χ1n) is 6.45. The molecule has 1 atom stereocenters. The minimum atomic E-state index is 0.139. The molecule has 0 saturated carbocycles. The average molecular weight is 262 g/mol. The van der Waals surface area contributed by atoms with Gasteiger partial charge in [-0.15, -0.1) is 11.3 Å². The Bertz CT molecular complexity index is 542. The van der Waals surface area contributed by atoms with Crippen molar-refractivity contribution < 1.29 is 0 Å². The van der Waals surface area contributed by atoms with Gasteiger partial charge in [0.2, 0.25) is 5.13 Å². The molecule has 2 heterocycles. The van der Waals surface area contributed by atoms with Crippen LogP contribution in [0, 0.1) is 0 Å². The zero-order chi connectivity index (χ0) is 12.7. The molecular formula is C13H18N4S. The van der Waals surface area contributed by atoms with Crippen molar-refractivity contribution in [2.24, 2.45) is 5.73 Å². The highest BCUT2D eigenvalue weighted by molar-refractivity contribution is 7.12. The minimum absolute atomic E-state index is 0.139. The van der Waals surface area contributed by atoms with E-state index in [4.69, 9.17) is 10.8 Å². The third kappa shape index (κ3) is 1.78. The molecule has 0 bridgehead atoms. The van der Waals surface area contributed by atoms with Gasteiger partial charge in [0.1, 0.15) is 0 Å². The van der Waals surface area contributed by atoms with E-state index < -0.39 is 0 Å². The summed E-state index contributed by atoms with van der Waals surface area (Å²) in [6, 6.07) is 0.139. The van der Waals surface area contributed by atoms with Crippen molar-refractivity contribution in [2.75, 3.05) is 0 Å². The summed E-state index contributed by atoms with van der Waals surface area (Å²) in [5, 5.41) is 7.71. The summed E-state index contributed by atoms with van der Waals surface area (Å²) in [5.41, 5.74) is 9.97. The number of aromatic nitrogens is 3. The molecule has 0 radical (unpaired) electrons. The third-order valence-corrected chi connectivity index (χ3v) is 4.24. The molecule has 96 valence electrons. The summed E-state index contributed by atoms with van der Waals surface area (Å²) in [5.74, 6) is 0.407. The van der Waals surface area contributed by atoms with Crippen LogP contribution in [0.4, 0.5) is 0 Å². The standard InChI is InChI=1S/C13H18N4S/c1-8(2)12-11-9(14)4-3-5-10(11)17(16-12)13-15-6-7-18-13/h6-9H,3-5,14H2,1-2H3. The van der Waals surface area contributed by atoms with Gasteiger partial charge in [0.15, 0.2) is 0 Å². The highest BCUT2D eigenvalue weighted by atomic mass is 32.1. The van der Waals surface area contributed by atoms with Crippen LogP contribution in [-0.2, 0) is 6.42 Å². The van der Waals surface area contributed by atoms with Crippen molar-refractivity contribution in [3.63, 3.8) is 0 Å². The van der Waals surface area contributed by atoms with E-state index in [2.05, 4.69) is 18.8 Å². The fourth-order valence-corrected chi connectivity index (χ4v) is 3.28. The van der Waals surface area contributed by atoms with Crippen LogP contribution in [0.5, 0.6) is 0 Å². The smallest absolute Gasteiger partial charge is 0.210 e. The third-order valence-electron chi connectivity index (χ3n) is 3.50. The molecule has 0 spiro atoms. The Morgan fingerprint density at radius 2 is 2.33 bits per heavy atom. The summed E-state index contributed by atoms with van der Waals surface area (Å²) in [6.07, 6.45) is 5.09. The Balaban J connectivity index is 2.19. The highest BCUT2D eigenvalue weighted by Gasteiger charge is 2.28. The van der Waals surface area contributed by atoms with Gasteiger partial charge in [-0.2, -0.15) is 5.10 Å². The molecule has 18 heavy (non-hydrogen) atoms. The maximum Gasteiger partial charge on any atom is 0.210 e. The summed E-state index contributed by atoms with van der Waals surface area (Å²) < 4.78 is 2.01. The lowest BCUT2D eigenvalue weighted by Crippen LogP contribution is -2.19. The Hall–Kier alpha value is -1.20.